The lowest BCUT2D eigenvalue weighted by molar-refractivity contribution is -0.384. The normalized spacial score (nSPS) is 10.1. The average molecular weight is 325 g/mol. The predicted octanol–water partition coefficient (Wildman–Crippen LogP) is 3.40. The molecule has 22 heavy (non-hydrogen) atoms. The van der Waals surface area contributed by atoms with Crippen LogP contribution in [0.15, 0.2) is 42.5 Å². The summed E-state index contributed by atoms with van der Waals surface area (Å²) in [6, 6.07) is 9.08. The maximum absolute atomic E-state index is 12.7. The highest BCUT2D eigenvalue weighted by Gasteiger charge is 2.14. The molecule has 0 atom stereocenters. The van der Waals surface area contributed by atoms with Crippen LogP contribution < -0.4 is 10.1 Å². The number of benzene rings is 2. The van der Waals surface area contributed by atoms with Crippen LogP contribution in [0.25, 0.3) is 0 Å². The number of amides is 1. The van der Waals surface area contributed by atoms with Gasteiger partial charge in [0.25, 0.3) is 11.6 Å². The van der Waals surface area contributed by atoms with Gasteiger partial charge in [-0.25, -0.2) is 4.39 Å². The van der Waals surface area contributed by atoms with Crippen LogP contribution in [0.2, 0.25) is 5.02 Å². The molecule has 0 saturated heterocycles. The lowest BCUT2D eigenvalue weighted by atomic mass is 10.3. The molecule has 0 aromatic heterocycles. The smallest absolute Gasteiger partial charge is 0.289 e. The van der Waals surface area contributed by atoms with Crippen molar-refractivity contribution in [2.24, 2.45) is 0 Å². The van der Waals surface area contributed by atoms with E-state index in [1.54, 1.807) is 0 Å². The Morgan fingerprint density at radius 2 is 1.95 bits per heavy atom. The third-order valence-corrected chi connectivity index (χ3v) is 2.93. The Labute approximate surface area is 129 Å². The molecule has 0 aliphatic carbocycles. The fraction of sp³-hybridized carbons (Fsp3) is 0.0714. The van der Waals surface area contributed by atoms with Crippen molar-refractivity contribution in [3.63, 3.8) is 0 Å². The minimum Gasteiger partial charge on any atom is -0.484 e. The number of hydrogen-bond acceptors (Lipinski definition) is 4. The Bertz CT molecular complexity index is 706. The van der Waals surface area contributed by atoms with Crippen molar-refractivity contribution < 1.29 is 18.8 Å². The molecule has 0 unspecified atom stereocenters. The molecule has 0 aliphatic heterocycles. The Morgan fingerprint density at radius 3 is 2.59 bits per heavy atom. The summed E-state index contributed by atoms with van der Waals surface area (Å²) in [6.45, 7) is -0.317. The number of carbonyl (C=O) groups is 1. The van der Waals surface area contributed by atoms with E-state index in [1.165, 1.54) is 36.4 Å². The van der Waals surface area contributed by atoms with Crippen molar-refractivity contribution in [3.05, 3.63) is 63.4 Å². The summed E-state index contributed by atoms with van der Waals surface area (Å²) in [6.07, 6.45) is 0. The minimum absolute atomic E-state index is 0.0226. The quantitative estimate of drug-likeness (QED) is 0.675. The van der Waals surface area contributed by atoms with E-state index in [0.717, 1.165) is 6.07 Å². The third-order valence-electron chi connectivity index (χ3n) is 2.61. The number of halogens is 2. The molecular formula is C14H10ClFN2O4. The van der Waals surface area contributed by atoms with E-state index in [9.17, 15) is 19.3 Å². The molecule has 2 rings (SSSR count). The van der Waals surface area contributed by atoms with Crippen LogP contribution in [-0.2, 0) is 4.79 Å². The molecule has 2 aromatic carbocycles. The van der Waals surface area contributed by atoms with Crippen LogP contribution in [0.1, 0.15) is 0 Å². The maximum atomic E-state index is 12.7. The van der Waals surface area contributed by atoms with Crippen molar-refractivity contribution in [2.75, 3.05) is 11.9 Å². The molecule has 0 aliphatic rings. The van der Waals surface area contributed by atoms with Gasteiger partial charge in [0.15, 0.2) is 6.61 Å². The molecule has 0 heterocycles. The molecule has 0 fully saturated rings. The standard InChI is InChI=1S/C14H10ClFN2O4/c15-12-6-3-10(7-13(12)18(20)21)17-14(19)8-22-11-4-1-9(16)2-5-11/h1-7H,8H2,(H,17,19). The Balaban J connectivity index is 1.96. The van der Waals surface area contributed by atoms with Crippen molar-refractivity contribution in [1.29, 1.82) is 0 Å². The summed E-state index contributed by atoms with van der Waals surface area (Å²) >= 11 is 5.67. The summed E-state index contributed by atoms with van der Waals surface area (Å²) in [7, 11) is 0. The van der Waals surface area contributed by atoms with Gasteiger partial charge in [-0.15, -0.1) is 0 Å². The average Bonchev–Trinajstić information content (AvgIpc) is 2.48. The first-order valence-corrected chi connectivity index (χ1v) is 6.45. The summed E-state index contributed by atoms with van der Waals surface area (Å²) in [4.78, 5) is 21.8. The highest BCUT2D eigenvalue weighted by molar-refractivity contribution is 6.32. The van der Waals surface area contributed by atoms with Gasteiger partial charge in [0.2, 0.25) is 0 Å². The van der Waals surface area contributed by atoms with E-state index in [0.29, 0.717) is 5.75 Å². The number of ether oxygens (including phenoxy) is 1. The molecule has 6 nitrogen and oxygen atoms in total. The molecule has 0 spiro atoms. The van der Waals surface area contributed by atoms with Crippen LogP contribution in [0, 0.1) is 15.9 Å². The van der Waals surface area contributed by atoms with E-state index in [1.807, 2.05) is 0 Å². The fourth-order valence-electron chi connectivity index (χ4n) is 1.61. The predicted molar refractivity (Wildman–Crippen MR) is 78.6 cm³/mol. The number of nitrogens with zero attached hydrogens (tertiary/aromatic N) is 1. The van der Waals surface area contributed by atoms with Gasteiger partial charge < -0.3 is 10.1 Å². The largest absolute Gasteiger partial charge is 0.484 e. The summed E-state index contributed by atoms with van der Waals surface area (Å²) in [5.41, 5.74) is -0.0808. The van der Waals surface area contributed by atoms with Crippen molar-refractivity contribution in [1.82, 2.24) is 0 Å². The summed E-state index contributed by atoms with van der Waals surface area (Å²) < 4.78 is 17.9. The van der Waals surface area contributed by atoms with Crippen molar-refractivity contribution in [2.45, 2.75) is 0 Å². The molecule has 114 valence electrons. The van der Waals surface area contributed by atoms with Crippen LogP contribution in [0.3, 0.4) is 0 Å². The first-order valence-electron chi connectivity index (χ1n) is 6.08. The lowest BCUT2D eigenvalue weighted by Crippen LogP contribution is -2.20. The van der Waals surface area contributed by atoms with Gasteiger partial charge in [-0.2, -0.15) is 0 Å². The van der Waals surface area contributed by atoms with Gasteiger partial charge in [0, 0.05) is 11.8 Å². The second kappa shape index (κ2) is 6.86. The van der Waals surface area contributed by atoms with Crippen LogP contribution in [0.4, 0.5) is 15.8 Å². The molecule has 0 radical (unpaired) electrons. The number of nitrogens with one attached hydrogen (secondary N) is 1. The van der Waals surface area contributed by atoms with Gasteiger partial charge in [0.1, 0.15) is 16.6 Å². The number of nitro benzene ring substituents is 1. The Morgan fingerprint density at radius 1 is 1.27 bits per heavy atom. The number of rotatable bonds is 5. The second-order valence-electron chi connectivity index (χ2n) is 4.21. The lowest BCUT2D eigenvalue weighted by Gasteiger charge is -2.07. The van der Waals surface area contributed by atoms with Crippen LogP contribution in [0.5, 0.6) is 5.75 Å². The molecule has 1 N–H and O–H groups in total. The van der Waals surface area contributed by atoms with E-state index in [-0.39, 0.29) is 23.0 Å². The van der Waals surface area contributed by atoms with Gasteiger partial charge in [0.05, 0.1) is 4.92 Å². The number of hydrogen-bond donors (Lipinski definition) is 1. The van der Waals surface area contributed by atoms with E-state index >= 15 is 0 Å². The third kappa shape index (κ3) is 4.16. The molecule has 1 amide bonds. The highest BCUT2D eigenvalue weighted by atomic mass is 35.5. The van der Waals surface area contributed by atoms with Gasteiger partial charge in [-0.3, -0.25) is 14.9 Å². The summed E-state index contributed by atoms with van der Waals surface area (Å²) in [5.74, 6) is -0.593. The monoisotopic (exact) mass is 324 g/mol. The van der Waals surface area contributed by atoms with Crippen LogP contribution in [-0.4, -0.2) is 17.4 Å². The molecule has 2 aromatic rings. The zero-order chi connectivity index (χ0) is 16.1. The number of anilines is 1. The molecule has 0 bridgehead atoms. The molecule has 0 saturated carbocycles. The Kier molecular flexibility index (Phi) is 4.90. The zero-order valence-corrected chi connectivity index (χ0v) is 11.8. The molecular weight excluding hydrogens is 315 g/mol. The second-order valence-corrected chi connectivity index (χ2v) is 4.62. The Hall–Kier alpha value is -2.67. The first-order chi connectivity index (χ1) is 10.5. The number of carbonyl (C=O) groups excluding carboxylic acids is 1. The zero-order valence-electron chi connectivity index (χ0n) is 11.1. The van der Waals surface area contributed by atoms with Crippen LogP contribution >= 0.6 is 11.6 Å². The summed E-state index contributed by atoms with van der Waals surface area (Å²) in [5, 5.41) is 13.2. The molecule has 8 heteroatoms. The fourth-order valence-corrected chi connectivity index (χ4v) is 1.79. The van der Waals surface area contributed by atoms with Gasteiger partial charge in [-0.1, -0.05) is 11.6 Å². The van der Waals surface area contributed by atoms with Gasteiger partial charge in [-0.05, 0) is 36.4 Å². The van der Waals surface area contributed by atoms with E-state index in [4.69, 9.17) is 16.3 Å². The topological polar surface area (TPSA) is 81.5 Å². The SMILES string of the molecule is O=C(COc1ccc(F)cc1)Nc1ccc(Cl)c([N+](=O)[O-])c1. The van der Waals surface area contributed by atoms with Crippen molar-refractivity contribution >= 4 is 28.9 Å². The van der Waals surface area contributed by atoms with Crippen molar-refractivity contribution in [3.8, 4) is 5.75 Å². The minimum atomic E-state index is -0.646. The highest BCUT2D eigenvalue weighted by Crippen LogP contribution is 2.27. The first kappa shape index (κ1) is 15.7. The number of nitro groups is 1. The van der Waals surface area contributed by atoms with E-state index in [2.05, 4.69) is 5.32 Å². The maximum Gasteiger partial charge on any atom is 0.289 e. The van der Waals surface area contributed by atoms with E-state index < -0.39 is 16.6 Å². The van der Waals surface area contributed by atoms with Gasteiger partial charge >= 0.3 is 0 Å².